The first-order valence-corrected chi connectivity index (χ1v) is 11.7. The molecule has 1 aromatic heterocycles. The third-order valence-corrected chi connectivity index (χ3v) is 5.80. The van der Waals surface area contributed by atoms with Crippen molar-refractivity contribution in [1.82, 2.24) is 14.8 Å². The number of benzene rings is 3. The lowest BCUT2D eigenvalue weighted by molar-refractivity contribution is -0.384. The molecule has 0 saturated carbocycles. The first-order chi connectivity index (χ1) is 19.2. The van der Waals surface area contributed by atoms with E-state index >= 15 is 0 Å². The second-order valence-corrected chi connectivity index (χ2v) is 8.32. The van der Waals surface area contributed by atoms with Gasteiger partial charge in [-0.25, -0.2) is 14.9 Å². The summed E-state index contributed by atoms with van der Waals surface area (Å²) in [6, 6.07) is 20.0. The van der Waals surface area contributed by atoms with Crippen LogP contribution in [0.1, 0.15) is 21.6 Å². The van der Waals surface area contributed by atoms with Crippen molar-refractivity contribution in [3.63, 3.8) is 0 Å². The van der Waals surface area contributed by atoms with Gasteiger partial charge in [-0.1, -0.05) is 30.3 Å². The maximum Gasteiger partial charge on any atom is 0.343 e. The average Bonchev–Trinajstić information content (AvgIpc) is 3.17. The van der Waals surface area contributed by atoms with Gasteiger partial charge in [-0.2, -0.15) is 5.10 Å². The van der Waals surface area contributed by atoms with Crippen molar-refractivity contribution in [3.8, 4) is 11.4 Å². The summed E-state index contributed by atoms with van der Waals surface area (Å²) in [7, 11) is 1.65. The topological polar surface area (TPSA) is 167 Å². The van der Waals surface area contributed by atoms with Crippen LogP contribution in [0.3, 0.4) is 0 Å². The van der Waals surface area contributed by atoms with Gasteiger partial charge in [0.2, 0.25) is 0 Å². The fourth-order valence-electron chi connectivity index (χ4n) is 3.65. The van der Waals surface area contributed by atoms with E-state index in [2.05, 4.69) is 15.8 Å². The number of ether oxygens (including phenoxy) is 1. The first-order valence-electron chi connectivity index (χ1n) is 11.7. The first kappa shape index (κ1) is 27.2. The lowest BCUT2D eigenvalue weighted by atomic mass is 10.2. The molecule has 1 heterocycles. The highest BCUT2D eigenvalue weighted by atomic mass is 16.6. The predicted molar refractivity (Wildman–Crippen MR) is 145 cm³/mol. The molecule has 0 bridgehead atoms. The van der Waals surface area contributed by atoms with Gasteiger partial charge in [-0.15, -0.1) is 0 Å². The molecular weight excluding hydrogens is 520 g/mol. The summed E-state index contributed by atoms with van der Waals surface area (Å²) >= 11 is 0. The molecule has 3 aromatic carbocycles. The van der Waals surface area contributed by atoms with Gasteiger partial charge >= 0.3 is 17.8 Å². The number of hydrogen-bond donors (Lipinski definition) is 2. The van der Waals surface area contributed by atoms with E-state index in [4.69, 9.17) is 4.74 Å². The Morgan fingerprint density at radius 2 is 1.60 bits per heavy atom. The Kier molecular flexibility index (Phi) is 7.94. The Bertz CT molecular complexity index is 1690. The predicted octanol–water partition coefficient (Wildman–Crippen LogP) is 2.70. The standard InChI is InChI=1S/C27H22N6O7/c1-17-23(26(36)32(31(17)2)20-9-4-3-5-10-20)29-24(34)25(35)30-28-16-19-8-6-7-11-22(19)40-27(37)18-12-14-21(15-13-18)33(38)39/h3-16H,1-2H3,(H,29,34)(H,30,35)/b28-16+. The Morgan fingerprint density at radius 1 is 0.950 bits per heavy atom. The van der Waals surface area contributed by atoms with Crippen LogP contribution in [-0.2, 0) is 16.6 Å². The fraction of sp³-hybridized carbons (Fsp3) is 0.0741. The maximum atomic E-state index is 12.9. The zero-order valence-electron chi connectivity index (χ0n) is 21.2. The molecule has 0 aliphatic carbocycles. The van der Waals surface area contributed by atoms with Gasteiger partial charge in [0.1, 0.15) is 11.4 Å². The second-order valence-electron chi connectivity index (χ2n) is 8.32. The van der Waals surface area contributed by atoms with Crippen LogP contribution in [0.5, 0.6) is 5.75 Å². The lowest BCUT2D eigenvalue weighted by Crippen LogP contribution is -2.34. The third-order valence-electron chi connectivity index (χ3n) is 5.80. The number of amides is 2. The van der Waals surface area contributed by atoms with E-state index in [1.807, 2.05) is 0 Å². The van der Waals surface area contributed by atoms with Crippen molar-refractivity contribution in [2.45, 2.75) is 6.92 Å². The second kappa shape index (κ2) is 11.7. The molecule has 0 aliphatic heterocycles. The van der Waals surface area contributed by atoms with Gasteiger partial charge in [0.25, 0.3) is 11.2 Å². The van der Waals surface area contributed by atoms with Gasteiger partial charge in [-0.3, -0.25) is 29.2 Å². The molecule has 4 aromatic rings. The number of rotatable bonds is 7. The number of para-hydroxylation sites is 2. The van der Waals surface area contributed by atoms with E-state index in [9.17, 15) is 29.3 Å². The van der Waals surface area contributed by atoms with Gasteiger partial charge in [0.15, 0.2) is 0 Å². The van der Waals surface area contributed by atoms with Crippen LogP contribution in [0.4, 0.5) is 11.4 Å². The molecular formula is C27H22N6O7. The van der Waals surface area contributed by atoms with Gasteiger partial charge in [0.05, 0.1) is 28.1 Å². The van der Waals surface area contributed by atoms with Crippen LogP contribution >= 0.6 is 0 Å². The summed E-state index contributed by atoms with van der Waals surface area (Å²) in [6.45, 7) is 1.63. The number of non-ortho nitro benzene ring substituents is 1. The maximum absolute atomic E-state index is 12.9. The number of anilines is 1. The van der Waals surface area contributed by atoms with Crippen molar-refractivity contribution in [2.24, 2.45) is 12.1 Å². The quantitative estimate of drug-likeness (QED) is 0.0904. The van der Waals surface area contributed by atoms with Crippen molar-refractivity contribution in [3.05, 3.63) is 116 Å². The lowest BCUT2D eigenvalue weighted by Gasteiger charge is -2.07. The molecule has 13 heteroatoms. The van der Waals surface area contributed by atoms with Crippen molar-refractivity contribution in [2.75, 3.05) is 5.32 Å². The largest absolute Gasteiger partial charge is 0.422 e. The molecule has 40 heavy (non-hydrogen) atoms. The molecule has 0 radical (unpaired) electrons. The Hall–Kier alpha value is -5.85. The molecule has 0 atom stereocenters. The number of esters is 1. The van der Waals surface area contributed by atoms with Gasteiger partial charge < -0.3 is 10.1 Å². The van der Waals surface area contributed by atoms with Crippen molar-refractivity contribution in [1.29, 1.82) is 0 Å². The third kappa shape index (κ3) is 5.83. The Morgan fingerprint density at radius 3 is 2.27 bits per heavy atom. The Labute approximate surface area is 226 Å². The number of nitrogens with one attached hydrogen (secondary N) is 2. The highest BCUT2D eigenvalue weighted by molar-refractivity contribution is 6.39. The van der Waals surface area contributed by atoms with Crippen LogP contribution in [0.15, 0.2) is 88.8 Å². The summed E-state index contributed by atoms with van der Waals surface area (Å²) in [5.74, 6) is -2.92. The number of aromatic nitrogens is 2. The highest BCUT2D eigenvalue weighted by Crippen LogP contribution is 2.19. The molecule has 202 valence electrons. The minimum atomic E-state index is -1.13. The zero-order valence-corrected chi connectivity index (χ0v) is 21.2. The molecule has 0 spiro atoms. The fourth-order valence-corrected chi connectivity index (χ4v) is 3.65. The van der Waals surface area contributed by atoms with Crippen molar-refractivity contribution < 1.29 is 24.0 Å². The molecule has 0 saturated heterocycles. The molecule has 4 rings (SSSR count). The average molecular weight is 543 g/mol. The van der Waals surface area contributed by atoms with Crippen LogP contribution in [0.2, 0.25) is 0 Å². The SMILES string of the molecule is Cc1c(NC(=O)C(=O)N/N=C/c2ccccc2OC(=O)c2ccc([N+](=O)[O-])cc2)c(=O)n(-c2ccccc2)n1C. The van der Waals surface area contributed by atoms with E-state index in [-0.39, 0.29) is 22.7 Å². The Balaban J connectivity index is 1.42. The number of carbonyl (C=O) groups excluding carboxylic acids is 3. The van der Waals surface area contributed by atoms with Crippen molar-refractivity contribution >= 4 is 35.4 Å². The highest BCUT2D eigenvalue weighted by Gasteiger charge is 2.21. The van der Waals surface area contributed by atoms with E-state index in [0.29, 0.717) is 16.9 Å². The number of hydrogen-bond acceptors (Lipinski definition) is 8. The monoisotopic (exact) mass is 542 g/mol. The summed E-state index contributed by atoms with van der Waals surface area (Å²) in [5.41, 5.74) is 2.73. The summed E-state index contributed by atoms with van der Waals surface area (Å²) in [4.78, 5) is 60.5. The molecule has 0 unspecified atom stereocenters. The number of nitro benzene ring substituents is 1. The minimum Gasteiger partial charge on any atom is -0.422 e. The summed E-state index contributed by atoms with van der Waals surface area (Å²) in [5, 5.41) is 16.9. The molecule has 2 N–H and O–H groups in total. The van der Waals surface area contributed by atoms with Crippen LogP contribution < -0.4 is 21.0 Å². The van der Waals surface area contributed by atoms with Crippen LogP contribution in [0, 0.1) is 17.0 Å². The smallest absolute Gasteiger partial charge is 0.343 e. The van der Waals surface area contributed by atoms with Crippen LogP contribution in [-0.4, -0.2) is 38.3 Å². The summed E-state index contributed by atoms with van der Waals surface area (Å²) in [6.07, 6.45) is 1.17. The minimum absolute atomic E-state index is 0.0565. The number of hydrazone groups is 1. The molecule has 0 fully saturated rings. The molecule has 0 aliphatic rings. The van der Waals surface area contributed by atoms with E-state index in [0.717, 1.165) is 0 Å². The number of carbonyl (C=O) groups is 3. The normalized spacial score (nSPS) is 10.8. The van der Waals surface area contributed by atoms with Gasteiger partial charge in [0, 0.05) is 24.7 Å². The number of nitro groups is 1. The van der Waals surface area contributed by atoms with E-state index in [1.54, 1.807) is 67.2 Å². The summed E-state index contributed by atoms with van der Waals surface area (Å²) < 4.78 is 8.27. The van der Waals surface area contributed by atoms with E-state index < -0.39 is 28.3 Å². The van der Waals surface area contributed by atoms with E-state index in [1.165, 1.54) is 41.2 Å². The zero-order chi connectivity index (χ0) is 28.8. The number of nitrogens with zero attached hydrogens (tertiary/aromatic N) is 4. The van der Waals surface area contributed by atoms with Crippen LogP contribution in [0.25, 0.3) is 5.69 Å². The molecule has 2 amide bonds. The molecule has 13 nitrogen and oxygen atoms in total. The van der Waals surface area contributed by atoms with Gasteiger partial charge in [-0.05, 0) is 43.3 Å².